The number of benzene rings is 1. The van der Waals surface area contributed by atoms with E-state index in [9.17, 15) is 14.9 Å². The van der Waals surface area contributed by atoms with Crippen LogP contribution in [0.3, 0.4) is 0 Å². The summed E-state index contributed by atoms with van der Waals surface area (Å²) in [5, 5.41) is 15.7. The van der Waals surface area contributed by atoms with Gasteiger partial charge in [-0.25, -0.2) is 9.67 Å². The first-order chi connectivity index (χ1) is 13.1. The summed E-state index contributed by atoms with van der Waals surface area (Å²) in [5.41, 5.74) is 1.27. The largest absolute Gasteiger partial charge is 0.298 e. The SMILES string of the molecule is O=c1c2cnn(-c3ccccc3[N+](=O)[O-])c2ncn1CCc1ccncc1. The van der Waals surface area contributed by atoms with Gasteiger partial charge >= 0.3 is 0 Å². The third kappa shape index (κ3) is 3.06. The number of pyridine rings is 1. The minimum absolute atomic E-state index is 0.105. The van der Waals surface area contributed by atoms with Crippen molar-refractivity contribution in [1.29, 1.82) is 0 Å². The molecule has 9 nitrogen and oxygen atoms in total. The number of nitro groups is 1. The Bertz CT molecular complexity index is 1180. The molecule has 0 spiro atoms. The lowest BCUT2D eigenvalue weighted by atomic mass is 10.2. The fraction of sp³-hybridized carbons (Fsp3) is 0.111. The molecular formula is C18H14N6O3. The Balaban J connectivity index is 1.72. The van der Waals surface area contributed by atoms with Gasteiger partial charge in [-0.2, -0.15) is 5.10 Å². The normalized spacial score (nSPS) is 11.0. The standard InChI is InChI=1S/C18H14N6O3/c25-18-14-11-21-23(15-3-1-2-4-16(15)24(26)27)17(14)20-12-22(18)10-7-13-5-8-19-9-6-13/h1-6,8-9,11-12H,7,10H2. The molecule has 0 fully saturated rings. The number of fused-ring (bicyclic) bond motifs is 1. The van der Waals surface area contributed by atoms with Crippen LogP contribution >= 0.6 is 0 Å². The number of aryl methyl sites for hydroxylation is 2. The first-order valence-electron chi connectivity index (χ1n) is 8.21. The van der Waals surface area contributed by atoms with E-state index in [2.05, 4.69) is 15.1 Å². The van der Waals surface area contributed by atoms with Gasteiger partial charge in [-0.05, 0) is 30.2 Å². The van der Waals surface area contributed by atoms with Crippen molar-refractivity contribution in [2.75, 3.05) is 0 Å². The van der Waals surface area contributed by atoms with Gasteiger partial charge in [-0.3, -0.25) is 24.5 Å². The molecule has 0 atom stereocenters. The average molecular weight is 362 g/mol. The van der Waals surface area contributed by atoms with E-state index in [4.69, 9.17) is 0 Å². The Hall–Kier alpha value is -3.88. The fourth-order valence-corrected chi connectivity index (χ4v) is 2.88. The van der Waals surface area contributed by atoms with E-state index >= 15 is 0 Å². The van der Waals surface area contributed by atoms with E-state index in [0.717, 1.165) is 5.56 Å². The zero-order valence-corrected chi connectivity index (χ0v) is 14.1. The highest BCUT2D eigenvalue weighted by Crippen LogP contribution is 2.23. The third-order valence-corrected chi connectivity index (χ3v) is 4.25. The first-order valence-corrected chi connectivity index (χ1v) is 8.21. The van der Waals surface area contributed by atoms with Crippen molar-refractivity contribution in [1.82, 2.24) is 24.3 Å². The molecule has 0 saturated carbocycles. The highest BCUT2D eigenvalue weighted by atomic mass is 16.6. The Kier molecular flexibility index (Phi) is 4.17. The minimum atomic E-state index is -0.487. The molecular weight excluding hydrogens is 348 g/mol. The van der Waals surface area contributed by atoms with Gasteiger partial charge in [0.1, 0.15) is 11.1 Å². The molecule has 0 aliphatic rings. The number of hydrogen-bond donors (Lipinski definition) is 0. The Morgan fingerprint density at radius 2 is 1.89 bits per heavy atom. The summed E-state index contributed by atoms with van der Waals surface area (Å²) in [7, 11) is 0. The van der Waals surface area contributed by atoms with Gasteiger partial charge in [0.25, 0.3) is 11.2 Å². The summed E-state index contributed by atoms with van der Waals surface area (Å²) in [5.74, 6) is 0. The van der Waals surface area contributed by atoms with Crippen LogP contribution in [0.4, 0.5) is 5.69 Å². The van der Waals surface area contributed by atoms with Crippen LogP contribution in [0.25, 0.3) is 16.7 Å². The fourth-order valence-electron chi connectivity index (χ4n) is 2.88. The maximum Gasteiger partial charge on any atom is 0.294 e. The lowest BCUT2D eigenvalue weighted by Crippen LogP contribution is -2.21. The number of rotatable bonds is 5. The van der Waals surface area contributed by atoms with E-state index in [-0.39, 0.29) is 22.6 Å². The number of para-hydroxylation sites is 2. The van der Waals surface area contributed by atoms with Crippen molar-refractivity contribution in [3.8, 4) is 5.69 Å². The van der Waals surface area contributed by atoms with Crippen LogP contribution in [-0.2, 0) is 13.0 Å². The highest BCUT2D eigenvalue weighted by molar-refractivity contribution is 5.76. The van der Waals surface area contributed by atoms with Crippen molar-refractivity contribution in [2.24, 2.45) is 0 Å². The predicted octanol–water partition coefficient (Wildman–Crippen LogP) is 2.13. The van der Waals surface area contributed by atoms with Crippen molar-refractivity contribution in [3.05, 3.63) is 87.3 Å². The Labute approximate surface area is 152 Å². The Morgan fingerprint density at radius 1 is 1.11 bits per heavy atom. The topological polar surface area (TPSA) is 109 Å². The molecule has 0 aliphatic heterocycles. The van der Waals surface area contributed by atoms with Crippen LogP contribution in [0.1, 0.15) is 5.56 Å². The van der Waals surface area contributed by atoms with Gasteiger partial charge in [0.15, 0.2) is 5.65 Å². The molecule has 0 unspecified atom stereocenters. The Morgan fingerprint density at radius 3 is 2.67 bits per heavy atom. The smallest absolute Gasteiger partial charge is 0.294 e. The summed E-state index contributed by atoms with van der Waals surface area (Å²) in [6.45, 7) is 0.461. The van der Waals surface area contributed by atoms with Crippen LogP contribution in [-0.4, -0.2) is 29.2 Å². The van der Waals surface area contributed by atoms with Crippen molar-refractivity contribution < 1.29 is 4.92 Å². The van der Waals surface area contributed by atoms with Crippen LogP contribution in [0, 0.1) is 10.1 Å². The molecule has 4 aromatic rings. The molecule has 3 aromatic heterocycles. The number of hydrogen-bond acceptors (Lipinski definition) is 6. The molecule has 0 N–H and O–H groups in total. The van der Waals surface area contributed by atoms with Crippen LogP contribution in [0.2, 0.25) is 0 Å². The molecule has 1 aromatic carbocycles. The van der Waals surface area contributed by atoms with Gasteiger partial charge in [0.2, 0.25) is 0 Å². The van der Waals surface area contributed by atoms with Gasteiger partial charge < -0.3 is 0 Å². The highest BCUT2D eigenvalue weighted by Gasteiger charge is 2.19. The van der Waals surface area contributed by atoms with Gasteiger partial charge in [0, 0.05) is 25.0 Å². The maximum atomic E-state index is 12.7. The first kappa shape index (κ1) is 16.6. The zero-order chi connectivity index (χ0) is 18.8. The van der Waals surface area contributed by atoms with Crippen LogP contribution in [0.15, 0.2) is 66.1 Å². The van der Waals surface area contributed by atoms with Crippen LogP contribution < -0.4 is 5.56 Å². The number of nitrogens with zero attached hydrogens (tertiary/aromatic N) is 6. The monoisotopic (exact) mass is 362 g/mol. The summed E-state index contributed by atoms with van der Waals surface area (Å²) >= 11 is 0. The molecule has 9 heteroatoms. The second-order valence-corrected chi connectivity index (χ2v) is 5.89. The number of nitro benzene ring substituents is 1. The molecule has 3 heterocycles. The minimum Gasteiger partial charge on any atom is -0.298 e. The lowest BCUT2D eigenvalue weighted by Gasteiger charge is -2.07. The van der Waals surface area contributed by atoms with E-state index in [0.29, 0.717) is 18.4 Å². The summed E-state index contributed by atoms with van der Waals surface area (Å²) in [6.07, 6.45) is 6.91. The van der Waals surface area contributed by atoms with Gasteiger partial charge in [0.05, 0.1) is 17.4 Å². The summed E-state index contributed by atoms with van der Waals surface area (Å²) in [6, 6.07) is 9.99. The third-order valence-electron chi connectivity index (χ3n) is 4.25. The van der Waals surface area contributed by atoms with Crippen molar-refractivity contribution >= 4 is 16.7 Å². The van der Waals surface area contributed by atoms with E-state index < -0.39 is 4.92 Å². The molecule has 0 radical (unpaired) electrons. The van der Waals surface area contributed by atoms with Gasteiger partial charge in [-0.15, -0.1) is 0 Å². The predicted molar refractivity (Wildman–Crippen MR) is 97.7 cm³/mol. The number of aromatic nitrogens is 5. The summed E-state index contributed by atoms with van der Waals surface area (Å²) in [4.78, 5) is 31.8. The molecule has 134 valence electrons. The molecule has 4 rings (SSSR count). The summed E-state index contributed by atoms with van der Waals surface area (Å²) < 4.78 is 2.83. The van der Waals surface area contributed by atoms with Crippen LogP contribution in [0.5, 0.6) is 0 Å². The average Bonchev–Trinajstić information content (AvgIpc) is 3.13. The second kappa shape index (κ2) is 6.79. The molecule has 27 heavy (non-hydrogen) atoms. The van der Waals surface area contributed by atoms with E-state index in [1.165, 1.54) is 27.8 Å². The molecule has 0 aliphatic carbocycles. The lowest BCUT2D eigenvalue weighted by molar-refractivity contribution is -0.384. The second-order valence-electron chi connectivity index (χ2n) is 5.89. The van der Waals surface area contributed by atoms with E-state index in [1.54, 1.807) is 30.6 Å². The van der Waals surface area contributed by atoms with Gasteiger partial charge in [-0.1, -0.05) is 12.1 Å². The molecule has 0 saturated heterocycles. The van der Waals surface area contributed by atoms with Crippen molar-refractivity contribution in [3.63, 3.8) is 0 Å². The molecule has 0 amide bonds. The molecule has 0 bridgehead atoms. The quantitative estimate of drug-likeness (QED) is 0.397. The van der Waals surface area contributed by atoms with Crippen molar-refractivity contribution in [2.45, 2.75) is 13.0 Å². The van der Waals surface area contributed by atoms with E-state index in [1.807, 2.05) is 12.1 Å². The maximum absolute atomic E-state index is 12.7. The zero-order valence-electron chi connectivity index (χ0n) is 14.1.